The Morgan fingerprint density at radius 2 is 1.95 bits per heavy atom. The minimum absolute atomic E-state index is 0.0687. The summed E-state index contributed by atoms with van der Waals surface area (Å²) in [7, 11) is 4.11. The standard InChI is InChI=1S/C31H32F2N8O/c1-4-20-23(32)9-10-24-26(20)21(12-25(42)36-24)28-27(33)29-22(13-35-28)30(39(2)14-17-6-5-11-34-17)38-31(37-29)41-15-18-7-8-19(16-41)40(18)3/h1,9-10,12-13,17-19,34H,5-8,11,14-16H2,2-3H3,(H,36,42)/t17-,18?,19?/m0/s1. The van der Waals surface area contributed by atoms with Crippen LogP contribution in [0.15, 0.2) is 29.2 Å². The molecule has 2 bridgehead atoms. The van der Waals surface area contributed by atoms with Gasteiger partial charge in [0.2, 0.25) is 11.5 Å². The highest BCUT2D eigenvalue weighted by Crippen LogP contribution is 2.37. The molecule has 3 fully saturated rings. The average Bonchev–Trinajstić information content (AvgIpc) is 3.55. The number of halogens is 2. The Labute approximate surface area is 242 Å². The molecule has 0 radical (unpaired) electrons. The highest BCUT2D eigenvalue weighted by molar-refractivity contribution is 6.00. The number of aromatic nitrogens is 4. The smallest absolute Gasteiger partial charge is 0.249 e. The van der Waals surface area contributed by atoms with Crippen LogP contribution < -0.4 is 20.7 Å². The molecule has 0 amide bonds. The third-order valence-corrected chi connectivity index (χ3v) is 9.16. The fraction of sp³-hybridized carbons (Fsp3) is 0.419. The van der Waals surface area contributed by atoms with Crippen LogP contribution in [0.25, 0.3) is 33.1 Å². The van der Waals surface area contributed by atoms with Crippen molar-refractivity contribution in [1.29, 1.82) is 0 Å². The Morgan fingerprint density at radius 3 is 2.67 bits per heavy atom. The number of nitrogens with zero attached hydrogens (tertiary/aromatic N) is 6. The molecule has 216 valence electrons. The fourth-order valence-electron chi connectivity index (χ4n) is 6.92. The first-order valence-electron chi connectivity index (χ1n) is 14.4. The monoisotopic (exact) mass is 570 g/mol. The Balaban J connectivity index is 1.42. The molecule has 0 aliphatic carbocycles. The van der Waals surface area contributed by atoms with Gasteiger partial charge in [0.05, 0.1) is 16.5 Å². The second-order valence-electron chi connectivity index (χ2n) is 11.7. The van der Waals surface area contributed by atoms with Crippen LogP contribution >= 0.6 is 0 Å². The second kappa shape index (κ2) is 10.3. The van der Waals surface area contributed by atoms with Crippen LogP contribution in [-0.4, -0.2) is 83.2 Å². The zero-order chi connectivity index (χ0) is 29.1. The molecule has 7 rings (SSSR count). The summed E-state index contributed by atoms with van der Waals surface area (Å²) in [6.07, 6.45) is 11.6. The molecule has 1 aromatic carbocycles. The predicted octanol–water partition coefficient (Wildman–Crippen LogP) is 3.26. The van der Waals surface area contributed by atoms with Gasteiger partial charge in [0.15, 0.2) is 5.82 Å². The number of nitrogens with one attached hydrogen (secondary N) is 2. The van der Waals surface area contributed by atoms with Gasteiger partial charge >= 0.3 is 0 Å². The largest absolute Gasteiger partial charge is 0.357 e. The topological polar surface area (TPSA) is 93.3 Å². The lowest BCUT2D eigenvalue weighted by atomic mass is 9.99. The molecule has 3 aromatic heterocycles. The lowest BCUT2D eigenvalue weighted by Gasteiger charge is -2.39. The maximum Gasteiger partial charge on any atom is 0.249 e. The minimum atomic E-state index is -0.707. The van der Waals surface area contributed by atoms with E-state index in [1.807, 2.05) is 11.9 Å². The molecule has 9 nitrogen and oxygen atoms in total. The Hall–Kier alpha value is -4.14. The first kappa shape index (κ1) is 26.7. The molecule has 6 heterocycles. The van der Waals surface area contributed by atoms with Gasteiger partial charge in [-0.3, -0.25) is 14.7 Å². The van der Waals surface area contributed by atoms with Gasteiger partial charge < -0.3 is 20.1 Å². The molecule has 3 atom stereocenters. The van der Waals surface area contributed by atoms with Crippen LogP contribution in [0, 0.1) is 24.0 Å². The van der Waals surface area contributed by atoms with Gasteiger partial charge in [-0.1, -0.05) is 5.92 Å². The Kier molecular flexibility index (Phi) is 6.55. The fourth-order valence-corrected chi connectivity index (χ4v) is 6.92. The summed E-state index contributed by atoms with van der Waals surface area (Å²) >= 11 is 0. The summed E-state index contributed by atoms with van der Waals surface area (Å²) in [5.74, 6) is 2.07. The van der Waals surface area contributed by atoms with Crippen LogP contribution in [0.3, 0.4) is 0 Å². The summed E-state index contributed by atoms with van der Waals surface area (Å²) in [6, 6.07) is 4.90. The van der Waals surface area contributed by atoms with E-state index in [2.05, 4.69) is 38.1 Å². The third kappa shape index (κ3) is 4.37. The van der Waals surface area contributed by atoms with E-state index in [9.17, 15) is 9.18 Å². The van der Waals surface area contributed by atoms with Crippen molar-refractivity contribution in [3.63, 3.8) is 0 Å². The van der Waals surface area contributed by atoms with Crippen molar-refractivity contribution in [2.24, 2.45) is 0 Å². The van der Waals surface area contributed by atoms with E-state index in [-0.39, 0.29) is 27.7 Å². The van der Waals surface area contributed by atoms with E-state index < -0.39 is 17.2 Å². The van der Waals surface area contributed by atoms with Gasteiger partial charge in [-0.2, -0.15) is 4.98 Å². The second-order valence-corrected chi connectivity index (χ2v) is 11.7. The first-order chi connectivity index (χ1) is 20.3. The van der Waals surface area contributed by atoms with Crippen LogP contribution in [0.4, 0.5) is 20.5 Å². The Morgan fingerprint density at radius 1 is 1.17 bits per heavy atom. The normalized spacial score (nSPS) is 22.3. The molecule has 42 heavy (non-hydrogen) atoms. The number of piperazine rings is 1. The van der Waals surface area contributed by atoms with E-state index in [0.29, 0.717) is 47.3 Å². The molecule has 2 unspecified atom stereocenters. The molecular formula is C31H32F2N8O. The van der Waals surface area contributed by atoms with Crippen LogP contribution in [0.2, 0.25) is 0 Å². The summed E-state index contributed by atoms with van der Waals surface area (Å²) in [5.41, 5.74) is -0.146. The predicted molar refractivity (Wildman–Crippen MR) is 160 cm³/mol. The first-order valence-corrected chi connectivity index (χ1v) is 14.4. The van der Waals surface area contributed by atoms with Crippen LogP contribution in [-0.2, 0) is 0 Å². The molecule has 3 saturated heterocycles. The maximum absolute atomic E-state index is 16.7. The number of aromatic amines is 1. The van der Waals surface area contributed by atoms with Crippen molar-refractivity contribution in [2.75, 3.05) is 50.1 Å². The number of hydrogen-bond donors (Lipinski definition) is 2. The summed E-state index contributed by atoms with van der Waals surface area (Å²) in [5, 5.41) is 4.21. The van der Waals surface area contributed by atoms with E-state index in [1.54, 1.807) is 6.20 Å². The molecule has 4 aromatic rings. The SMILES string of the molecule is C#Cc1c(F)ccc2[nH]c(=O)cc(-c3ncc4c(N(C)C[C@@H]5CCCN5)nc(N5CC6CCC(C5)N6C)nc4c3F)c12. The molecule has 0 saturated carbocycles. The number of rotatable bonds is 5. The number of terminal acetylenes is 1. The summed E-state index contributed by atoms with van der Waals surface area (Å²) in [6.45, 7) is 3.19. The van der Waals surface area contributed by atoms with Gasteiger partial charge in [-0.15, -0.1) is 6.42 Å². The van der Waals surface area contributed by atoms with Crippen molar-refractivity contribution in [3.8, 4) is 23.6 Å². The van der Waals surface area contributed by atoms with E-state index in [1.165, 1.54) is 18.2 Å². The molecule has 2 N–H and O–H groups in total. The van der Waals surface area contributed by atoms with E-state index >= 15 is 4.39 Å². The number of hydrogen-bond acceptors (Lipinski definition) is 8. The van der Waals surface area contributed by atoms with E-state index in [0.717, 1.165) is 45.3 Å². The van der Waals surface area contributed by atoms with Crippen molar-refractivity contribution < 1.29 is 8.78 Å². The average molecular weight is 571 g/mol. The summed E-state index contributed by atoms with van der Waals surface area (Å²) < 4.78 is 31.5. The number of likely N-dealkylation sites (N-methyl/N-ethyl adjacent to an activating group) is 2. The zero-order valence-electron chi connectivity index (χ0n) is 23.6. The van der Waals surface area contributed by atoms with Crippen molar-refractivity contribution in [2.45, 2.75) is 43.8 Å². The van der Waals surface area contributed by atoms with E-state index in [4.69, 9.17) is 16.4 Å². The van der Waals surface area contributed by atoms with Crippen LogP contribution in [0.5, 0.6) is 0 Å². The van der Waals surface area contributed by atoms with Crippen molar-refractivity contribution in [3.05, 3.63) is 51.9 Å². The third-order valence-electron chi connectivity index (χ3n) is 9.16. The van der Waals surface area contributed by atoms with Gasteiger partial charge in [0.1, 0.15) is 22.8 Å². The molecule has 3 aliphatic heterocycles. The van der Waals surface area contributed by atoms with Crippen molar-refractivity contribution >= 4 is 33.6 Å². The van der Waals surface area contributed by atoms with Gasteiger partial charge in [0.25, 0.3) is 0 Å². The van der Waals surface area contributed by atoms with Crippen molar-refractivity contribution in [1.82, 2.24) is 30.2 Å². The number of anilines is 2. The Bertz CT molecular complexity index is 1800. The molecular weight excluding hydrogens is 538 g/mol. The van der Waals surface area contributed by atoms with Gasteiger partial charge in [0, 0.05) is 68.0 Å². The quantitative estimate of drug-likeness (QED) is 0.354. The molecule has 3 aliphatic rings. The highest BCUT2D eigenvalue weighted by atomic mass is 19.1. The maximum atomic E-state index is 16.7. The van der Waals surface area contributed by atoms with Crippen LogP contribution in [0.1, 0.15) is 31.2 Å². The lowest BCUT2D eigenvalue weighted by Crippen LogP contribution is -2.52. The molecule has 11 heteroatoms. The van der Waals surface area contributed by atoms with Gasteiger partial charge in [-0.25, -0.2) is 13.8 Å². The van der Waals surface area contributed by atoms with Gasteiger partial charge in [-0.05, 0) is 51.4 Å². The summed E-state index contributed by atoms with van der Waals surface area (Å²) in [4.78, 5) is 36.1. The minimum Gasteiger partial charge on any atom is -0.357 e. The number of benzene rings is 1. The number of fused-ring (bicyclic) bond motifs is 4. The number of pyridine rings is 2. The zero-order valence-corrected chi connectivity index (χ0v) is 23.6. The molecule has 0 spiro atoms. The lowest BCUT2D eigenvalue weighted by molar-refractivity contribution is 0.211. The number of H-pyrrole nitrogens is 1. The highest BCUT2D eigenvalue weighted by Gasteiger charge is 2.38.